The highest BCUT2D eigenvalue weighted by atomic mass is 16.7. The van der Waals surface area contributed by atoms with E-state index in [1.54, 1.807) is 0 Å². The van der Waals surface area contributed by atoms with E-state index >= 15 is 0 Å². The van der Waals surface area contributed by atoms with Crippen LogP contribution in [0.4, 0.5) is 0 Å². The summed E-state index contributed by atoms with van der Waals surface area (Å²) in [6, 6.07) is 18.7. The predicted octanol–water partition coefficient (Wildman–Crippen LogP) is 8.15. The summed E-state index contributed by atoms with van der Waals surface area (Å²) in [7, 11) is 0. The van der Waals surface area contributed by atoms with E-state index in [1.807, 2.05) is 60.7 Å². The van der Waals surface area contributed by atoms with Crippen molar-refractivity contribution in [2.45, 2.75) is 153 Å². The summed E-state index contributed by atoms with van der Waals surface area (Å²) in [5.74, 6) is -0.101. The second kappa shape index (κ2) is 20.8. The zero-order chi connectivity index (χ0) is 31.5. The number of hydrogen-bond donors (Lipinski definition) is 2. The lowest BCUT2D eigenvalue weighted by atomic mass is 9.95. The van der Waals surface area contributed by atoms with Crippen molar-refractivity contribution in [3.63, 3.8) is 0 Å². The number of fused-ring (bicyclic) bond motifs is 1. The lowest BCUT2D eigenvalue weighted by Gasteiger charge is -2.47. The molecule has 45 heavy (non-hydrogen) atoms. The third kappa shape index (κ3) is 12.4. The largest absolute Gasteiger partial charge is 0.388 e. The lowest BCUT2D eigenvalue weighted by Crippen LogP contribution is -2.66. The molecule has 2 aromatic rings. The summed E-state index contributed by atoms with van der Waals surface area (Å²) < 4.78 is 24.5. The van der Waals surface area contributed by atoms with Gasteiger partial charge in [0.1, 0.15) is 24.4 Å². The van der Waals surface area contributed by atoms with E-state index in [-0.39, 0.29) is 12.5 Å². The van der Waals surface area contributed by atoms with Crippen molar-refractivity contribution >= 4 is 5.91 Å². The number of unbranched alkanes of at least 4 members (excludes halogenated alkanes) is 14. The SMILES string of the molecule is CCCCCCCCCCCCCCCCCC(=O)N[C@H]1[C@@H](OCc2ccccc2)O[C@@H]2COC(c3ccccc3)O[C@H]2[C@@H]1O. The van der Waals surface area contributed by atoms with E-state index in [0.29, 0.717) is 13.0 Å². The van der Waals surface area contributed by atoms with Crippen molar-refractivity contribution in [3.8, 4) is 0 Å². The maximum atomic E-state index is 13.1. The number of rotatable bonds is 21. The maximum Gasteiger partial charge on any atom is 0.220 e. The normalized spacial score (nSPS) is 24.7. The van der Waals surface area contributed by atoms with Crippen LogP contribution >= 0.6 is 0 Å². The summed E-state index contributed by atoms with van der Waals surface area (Å²) in [6.07, 6.45) is 16.1. The molecule has 1 amide bonds. The summed E-state index contributed by atoms with van der Waals surface area (Å²) >= 11 is 0. The molecule has 250 valence electrons. The third-order valence-corrected chi connectivity index (χ3v) is 9.03. The highest BCUT2D eigenvalue weighted by Crippen LogP contribution is 2.34. The Balaban J connectivity index is 1.17. The Bertz CT molecular complexity index is 1050. The number of hydrogen-bond acceptors (Lipinski definition) is 6. The Labute approximate surface area is 271 Å². The number of carbonyl (C=O) groups excluding carboxylic acids is 1. The van der Waals surface area contributed by atoms with Crippen molar-refractivity contribution in [1.29, 1.82) is 0 Å². The molecule has 2 heterocycles. The van der Waals surface area contributed by atoms with Crippen LogP contribution in [0.25, 0.3) is 0 Å². The van der Waals surface area contributed by atoms with E-state index in [4.69, 9.17) is 18.9 Å². The van der Waals surface area contributed by atoms with Gasteiger partial charge in [-0.05, 0) is 12.0 Å². The lowest BCUT2D eigenvalue weighted by molar-refractivity contribution is -0.345. The monoisotopic (exact) mass is 623 g/mol. The van der Waals surface area contributed by atoms with Gasteiger partial charge in [-0.1, -0.05) is 157 Å². The van der Waals surface area contributed by atoms with Gasteiger partial charge >= 0.3 is 0 Å². The minimum atomic E-state index is -1.01. The number of carbonyl (C=O) groups is 1. The number of benzene rings is 2. The first-order valence-electron chi connectivity index (χ1n) is 17.8. The number of ether oxygens (including phenoxy) is 4. The molecule has 0 saturated carbocycles. The fourth-order valence-corrected chi connectivity index (χ4v) is 6.33. The van der Waals surface area contributed by atoms with Gasteiger partial charge < -0.3 is 29.4 Å². The van der Waals surface area contributed by atoms with Gasteiger partial charge in [0, 0.05) is 12.0 Å². The van der Waals surface area contributed by atoms with Gasteiger partial charge in [0.05, 0.1) is 13.2 Å². The summed E-state index contributed by atoms with van der Waals surface area (Å²) in [5.41, 5.74) is 1.86. The highest BCUT2D eigenvalue weighted by molar-refractivity contribution is 5.76. The van der Waals surface area contributed by atoms with Gasteiger partial charge in [0.2, 0.25) is 5.91 Å². The molecule has 2 saturated heterocycles. The van der Waals surface area contributed by atoms with Gasteiger partial charge in [-0.15, -0.1) is 0 Å². The average molecular weight is 624 g/mol. The van der Waals surface area contributed by atoms with Gasteiger partial charge in [-0.25, -0.2) is 0 Å². The Hall–Kier alpha value is -2.29. The van der Waals surface area contributed by atoms with Crippen LogP contribution in [0.3, 0.4) is 0 Å². The number of aliphatic hydroxyl groups excluding tert-OH is 1. The van der Waals surface area contributed by atoms with Crippen molar-refractivity contribution < 1.29 is 28.8 Å². The van der Waals surface area contributed by atoms with Crippen LogP contribution in [0.2, 0.25) is 0 Å². The molecule has 2 aliphatic heterocycles. The van der Waals surface area contributed by atoms with Gasteiger partial charge in [-0.2, -0.15) is 0 Å². The number of amides is 1. The molecule has 0 aromatic heterocycles. The summed E-state index contributed by atoms with van der Waals surface area (Å²) in [6.45, 7) is 2.83. The minimum Gasteiger partial charge on any atom is -0.388 e. The predicted molar refractivity (Wildman–Crippen MR) is 177 cm³/mol. The van der Waals surface area contributed by atoms with Crippen molar-refractivity contribution in [2.24, 2.45) is 0 Å². The Morgan fingerprint density at radius 2 is 1.33 bits per heavy atom. The van der Waals surface area contributed by atoms with Crippen molar-refractivity contribution in [2.75, 3.05) is 6.61 Å². The molecule has 2 aliphatic rings. The molecule has 0 spiro atoms. The topological polar surface area (TPSA) is 86.3 Å². The Morgan fingerprint density at radius 3 is 1.93 bits per heavy atom. The second-order valence-electron chi connectivity index (χ2n) is 12.8. The Kier molecular flexibility index (Phi) is 16.4. The maximum absolute atomic E-state index is 13.1. The molecule has 2 aromatic carbocycles. The van der Waals surface area contributed by atoms with Crippen LogP contribution in [0.15, 0.2) is 60.7 Å². The molecule has 0 radical (unpaired) electrons. The van der Waals surface area contributed by atoms with Gasteiger partial charge in [-0.3, -0.25) is 4.79 Å². The molecule has 2 fully saturated rings. The molecular formula is C38H57NO6. The van der Waals surface area contributed by atoms with E-state index in [2.05, 4.69) is 12.2 Å². The molecule has 0 bridgehead atoms. The fraction of sp³-hybridized carbons (Fsp3) is 0.658. The van der Waals surface area contributed by atoms with Crippen molar-refractivity contribution in [3.05, 3.63) is 71.8 Å². The van der Waals surface area contributed by atoms with E-state index in [9.17, 15) is 9.90 Å². The quantitative estimate of drug-likeness (QED) is 0.137. The fourth-order valence-electron chi connectivity index (χ4n) is 6.33. The smallest absolute Gasteiger partial charge is 0.220 e. The average Bonchev–Trinajstić information content (AvgIpc) is 3.07. The Morgan fingerprint density at radius 1 is 0.778 bits per heavy atom. The zero-order valence-electron chi connectivity index (χ0n) is 27.5. The second-order valence-corrected chi connectivity index (χ2v) is 12.8. The van der Waals surface area contributed by atoms with Gasteiger partial charge in [0.15, 0.2) is 12.6 Å². The molecule has 2 N–H and O–H groups in total. The highest BCUT2D eigenvalue weighted by Gasteiger charge is 2.50. The molecule has 4 rings (SSSR count). The summed E-state index contributed by atoms with van der Waals surface area (Å²) in [5, 5.41) is 14.5. The van der Waals surface area contributed by atoms with Crippen LogP contribution in [0, 0.1) is 0 Å². The minimum absolute atomic E-state index is 0.101. The molecule has 7 heteroatoms. The first-order chi connectivity index (χ1) is 22.2. The van der Waals surface area contributed by atoms with E-state index in [0.717, 1.165) is 30.4 Å². The van der Waals surface area contributed by atoms with Crippen LogP contribution in [0.1, 0.15) is 127 Å². The molecular weight excluding hydrogens is 566 g/mol. The third-order valence-electron chi connectivity index (χ3n) is 9.03. The van der Waals surface area contributed by atoms with Crippen LogP contribution in [0.5, 0.6) is 0 Å². The van der Waals surface area contributed by atoms with Crippen LogP contribution in [-0.4, -0.2) is 48.3 Å². The number of nitrogens with one attached hydrogen (secondary N) is 1. The van der Waals surface area contributed by atoms with E-state index in [1.165, 1.54) is 77.0 Å². The number of aliphatic hydroxyl groups is 1. The first-order valence-corrected chi connectivity index (χ1v) is 17.8. The molecule has 6 atom stereocenters. The molecule has 0 aliphatic carbocycles. The molecule has 1 unspecified atom stereocenters. The van der Waals surface area contributed by atoms with Crippen LogP contribution in [-0.2, 0) is 30.3 Å². The first kappa shape index (κ1) is 35.6. The van der Waals surface area contributed by atoms with Crippen LogP contribution < -0.4 is 5.32 Å². The summed E-state index contributed by atoms with van der Waals surface area (Å²) in [4.78, 5) is 13.1. The zero-order valence-corrected chi connectivity index (χ0v) is 27.5. The van der Waals surface area contributed by atoms with Gasteiger partial charge in [0.25, 0.3) is 0 Å². The van der Waals surface area contributed by atoms with E-state index < -0.39 is 36.9 Å². The standard InChI is InChI=1S/C38H57NO6/c1-2-3-4-5-6-7-8-9-10-11-12-13-14-15-22-27-33(40)39-34-35(41)36-32(29-43-37(45-36)31-25-20-17-21-26-31)44-38(34)42-28-30-23-18-16-19-24-30/h16-21,23-26,32,34-38,41H,2-15,22,27-29H2,1H3,(H,39,40)/t32-,34-,35-,36-,37?,38+/m1/s1. The molecule has 7 nitrogen and oxygen atoms in total. The van der Waals surface area contributed by atoms with Crippen molar-refractivity contribution in [1.82, 2.24) is 5.32 Å².